The summed E-state index contributed by atoms with van der Waals surface area (Å²) in [4.78, 5) is 12.2. The molecule has 0 aliphatic heterocycles. The second-order valence-corrected chi connectivity index (χ2v) is 4.50. The van der Waals surface area contributed by atoms with Crippen LogP contribution in [-0.4, -0.2) is 24.2 Å². The van der Waals surface area contributed by atoms with Gasteiger partial charge < -0.3 is 10.4 Å². The summed E-state index contributed by atoms with van der Waals surface area (Å²) in [5.41, 5.74) is 2.35. The van der Waals surface area contributed by atoms with Gasteiger partial charge in [-0.05, 0) is 24.1 Å². The monoisotopic (exact) mass is 279 g/mol. The van der Waals surface area contributed by atoms with Crippen molar-refractivity contribution >= 4 is 5.91 Å². The lowest BCUT2D eigenvalue weighted by atomic mass is 10.1. The fraction of sp³-hybridized carbons (Fsp3) is 0.167. The first-order chi connectivity index (χ1) is 10.3. The zero-order chi connectivity index (χ0) is 14.9. The van der Waals surface area contributed by atoms with Gasteiger partial charge in [0.25, 0.3) is 5.91 Å². The summed E-state index contributed by atoms with van der Waals surface area (Å²) < 4.78 is 0. The number of benzene rings is 2. The highest BCUT2D eigenvalue weighted by atomic mass is 16.2. The van der Waals surface area contributed by atoms with Crippen molar-refractivity contribution in [3.8, 4) is 11.8 Å². The van der Waals surface area contributed by atoms with E-state index in [2.05, 4.69) is 17.2 Å². The third kappa shape index (κ3) is 4.48. The Morgan fingerprint density at radius 2 is 1.76 bits per heavy atom. The summed E-state index contributed by atoms with van der Waals surface area (Å²) in [6.45, 7) is 0.356. The second kappa shape index (κ2) is 7.88. The lowest BCUT2D eigenvalue weighted by molar-refractivity contribution is 0.0954. The summed E-state index contributed by atoms with van der Waals surface area (Å²) >= 11 is 0. The van der Waals surface area contributed by atoms with Crippen molar-refractivity contribution in [3.63, 3.8) is 0 Å². The predicted molar refractivity (Wildman–Crippen MR) is 82.9 cm³/mol. The van der Waals surface area contributed by atoms with Crippen LogP contribution in [0.25, 0.3) is 0 Å². The molecule has 0 aliphatic rings. The highest BCUT2D eigenvalue weighted by Gasteiger charge is 2.08. The molecule has 2 N–H and O–H groups in total. The summed E-state index contributed by atoms with van der Waals surface area (Å²) in [6.07, 6.45) is 0.789. The Bertz CT molecular complexity index is 654. The lowest BCUT2D eigenvalue weighted by Gasteiger charge is -2.07. The Morgan fingerprint density at radius 3 is 2.52 bits per heavy atom. The van der Waals surface area contributed by atoms with E-state index in [9.17, 15) is 4.79 Å². The quantitative estimate of drug-likeness (QED) is 0.841. The van der Waals surface area contributed by atoms with E-state index in [1.807, 2.05) is 36.4 Å². The average Bonchev–Trinajstić information content (AvgIpc) is 2.54. The largest absolute Gasteiger partial charge is 0.384 e. The molecule has 0 saturated heterocycles. The SMILES string of the molecule is O=C(NCCc1ccccc1)c1ccccc1C#CCO. The first kappa shape index (κ1) is 14.8. The Morgan fingerprint density at radius 1 is 1.05 bits per heavy atom. The molecule has 1 amide bonds. The molecule has 0 fully saturated rings. The van der Waals surface area contributed by atoms with E-state index < -0.39 is 0 Å². The van der Waals surface area contributed by atoms with Crippen LogP contribution in [0.2, 0.25) is 0 Å². The molecule has 3 heteroatoms. The maximum absolute atomic E-state index is 12.2. The zero-order valence-corrected chi connectivity index (χ0v) is 11.7. The number of hydrogen-bond donors (Lipinski definition) is 2. The highest BCUT2D eigenvalue weighted by molar-refractivity contribution is 5.96. The van der Waals surface area contributed by atoms with E-state index in [0.717, 1.165) is 6.42 Å². The minimum Gasteiger partial charge on any atom is -0.384 e. The van der Waals surface area contributed by atoms with Crippen molar-refractivity contribution in [1.82, 2.24) is 5.32 Å². The smallest absolute Gasteiger partial charge is 0.252 e. The zero-order valence-electron chi connectivity index (χ0n) is 11.7. The molecule has 2 aromatic carbocycles. The predicted octanol–water partition coefficient (Wildman–Crippen LogP) is 2.00. The fourth-order valence-electron chi connectivity index (χ4n) is 1.99. The Hall–Kier alpha value is -2.57. The molecule has 0 unspecified atom stereocenters. The number of amides is 1. The van der Waals surface area contributed by atoms with Gasteiger partial charge in [-0.25, -0.2) is 0 Å². The summed E-state index contributed by atoms with van der Waals surface area (Å²) in [6, 6.07) is 17.1. The first-order valence-corrected chi connectivity index (χ1v) is 6.82. The van der Waals surface area contributed by atoms with E-state index >= 15 is 0 Å². The third-order valence-corrected chi connectivity index (χ3v) is 3.02. The van der Waals surface area contributed by atoms with Crippen LogP contribution >= 0.6 is 0 Å². The van der Waals surface area contributed by atoms with Gasteiger partial charge in [-0.1, -0.05) is 54.3 Å². The summed E-state index contributed by atoms with van der Waals surface area (Å²) in [5, 5.41) is 11.6. The van der Waals surface area contributed by atoms with Crippen molar-refractivity contribution in [1.29, 1.82) is 0 Å². The van der Waals surface area contributed by atoms with Crippen LogP contribution in [0.3, 0.4) is 0 Å². The van der Waals surface area contributed by atoms with E-state index in [1.165, 1.54) is 5.56 Å². The number of hydrogen-bond acceptors (Lipinski definition) is 2. The normalized spacial score (nSPS) is 9.57. The van der Waals surface area contributed by atoms with Crippen LogP contribution in [0, 0.1) is 11.8 Å². The lowest BCUT2D eigenvalue weighted by Crippen LogP contribution is -2.26. The molecule has 2 rings (SSSR count). The van der Waals surface area contributed by atoms with Gasteiger partial charge in [0.15, 0.2) is 0 Å². The van der Waals surface area contributed by atoms with Crippen LogP contribution in [-0.2, 0) is 6.42 Å². The molecule has 0 radical (unpaired) electrons. The topological polar surface area (TPSA) is 49.3 Å². The number of rotatable bonds is 4. The molecule has 2 aromatic rings. The molecule has 0 bridgehead atoms. The van der Waals surface area contributed by atoms with Gasteiger partial charge in [-0.15, -0.1) is 0 Å². The maximum atomic E-state index is 12.2. The molecule has 106 valence electrons. The Balaban J connectivity index is 1.97. The van der Waals surface area contributed by atoms with Crippen molar-refractivity contribution in [2.24, 2.45) is 0 Å². The van der Waals surface area contributed by atoms with E-state index in [0.29, 0.717) is 17.7 Å². The molecule has 0 spiro atoms. The average molecular weight is 279 g/mol. The molecule has 21 heavy (non-hydrogen) atoms. The van der Waals surface area contributed by atoms with Crippen molar-refractivity contribution in [2.45, 2.75) is 6.42 Å². The molecule has 0 aromatic heterocycles. The first-order valence-electron chi connectivity index (χ1n) is 6.82. The molecular weight excluding hydrogens is 262 g/mol. The van der Waals surface area contributed by atoms with E-state index in [1.54, 1.807) is 18.2 Å². The molecular formula is C18H17NO2. The number of carbonyl (C=O) groups is 1. The van der Waals surface area contributed by atoms with Crippen LogP contribution in [0.5, 0.6) is 0 Å². The van der Waals surface area contributed by atoms with Gasteiger partial charge >= 0.3 is 0 Å². The summed E-state index contributed by atoms with van der Waals surface area (Å²) in [7, 11) is 0. The molecule has 0 aliphatic carbocycles. The fourth-order valence-corrected chi connectivity index (χ4v) is 1.99. The van der Waals surface area contributed by atoms with Crippen LogP contribution in [0.15, 0.2) is 54.6 Å². The third-order valence-electron chi connectivity index (χ3n) is 3.02. The number of aliphatic hydroxyl groups is 1. The Kier molecular flexibility index (Phi) is 5.57. The van der Waals surface area contributed by atoms with E-state index in [-0.39, 0.29) is 12.5 Å². The molecule has 0 saturated carbocycles. The van der Waals surface area contributed by atoms with Gasteiger partial charge in [-0.2, -0.15) is 0 Å². The van der Waals surface area contributed by atoms with Crippen molar-refractivity contribution < 1.29 is 9.90 Å². The van der Waals surface area contributed by atoms with Crippen LogP contribution in [0.4, 0.5) is 0 Å². The standard InChI is InChI=1S/C18H17NO2/c20-14-6-10-16-9-4-5-11-17(16)18(21)19-13-12-15-7-2-1-3-8-15/h1-5,7-9,11,20H,12-14H2,(H,19,21). The molecule has 3 nitrogen and oxygen atoms in total. The van der Waals surface area contributed by atoms with Crippen LogP contribution < -0.4 is 5.32 Å². The van der Waals surface area contributed by atoms with Gasteiger partial charge in [0.2, 0.25) is 0 Å². The van der Waals surface area contributed by atoms with Gasteiger partial charge in [0.1, 0.15) is 6.61 Å². The number of carbonyl (C=O) groups excluding carboxylic acids is 1. The van der Waals surface area contributed by atoms with Crippen molar-refractivity contribution in [3.05, 3.63) is 71.3 Å². The van der Waals surface area contributed by atoms with Gasteiger partial charge in [-0.3, -0.25) is 4.79 Å². The molecule has 0 atom stereocenters. The Labute approximate surface area is 124 Å². The minimum absolute atomic E-state index is 0.145. The van der Waals surface area contributed by atoms with Crippen molar-refractivity contribution in [2.75, 3.05) is 13.2 Å². The number of aliphatic hydroxyl groups excluding tert-OH is 1. The van der Waals surface area contributed by atoms with Crippen LogP contribution in [0.1, 0.15) is 21.5 Å². The highest BCUT2D eigenvalue weighted by Crippen LogP contribution is 2.07. The van der Waals surface area contributed by atoms with E-state index in [4.69, 9.17) is 5.11 Å². The van der Waals surface area contributed by atoms with Gasteiger partial charge in [0, 0.05) is 12.1 Å². The second-order valence-electron chi connectivity index (χ2n) is 4.50. The molecule has 0 heterocycles. The summed E-state index contributed by atoms with van der Waals surface area (Å²) in [5.74, 6) is 5.21. The minimum atomic E-state index is -0.218. The number of nitrogens with one attached hydrogen (secondary N) is 1. The van der Waals surface area contributed by atoms with Gasteiger partial charge in [0.05, 0.1) is 5.56 Å². The maximum Gasteiger partial charge on any atom is 0.252 e.